The lowest BCUT2D eigenvalue weighted by molar-refractivity contribution is -0.129. The lowest BCUT2D eigenvalue weighted by Gasteiger charge is -2.12. The van der Waals surface area contributed by atoms with Crippen LogP contribution in [0.2, 0.25) is 0 Å². The van der Waals surface area contributed by atoms with Crippen molar-refractivity contribution in [1.29, 1.82) is 0 Å². The SMILES string of the molecule is C=CC(=O)Oc1ccccc1CCCCCCCC(C)OCCC. The maximum atomic E-state index is 11.4. The number of hydrogen-bond donors (Lipinski definition) is 0. The monoisotopic (exact) mass is 332 g/mol. The Hall–Kier alpha value is -1.61. The van der Waals surface area contributed by atoms with Crippen LogP contribution in [-0.2, 0) is 16.0 Å². The molecule has 0 N–H and O–H groups in total. The first-order chi connectivity index (χ1) is 11.7. The standard InChI is InChI=1S/C21H32O3/c1-4-17-23-18(3)13-9-7-6-8-10-14-19-15-11-12-16-20(19)24-21(22)5-2/h5,11-12,15-16,18H,2,4,6-10,13-14,17H2,1,3H3. The Kier molecular flexibility index (Phi) is 10.9. The minimum Gasteiger partial charge on any atom is -0.423 e. The van der Waals surface area contributed by atoms with Gasteiger partial charge in [-0.15, -0.1) is 0 Å². The topological polar surface area (TPSA) is 35.5 Å². The maximum absolute atomic E-state index is 11.4. The Morgan fingerprint density at radius 1 is 1.17 bits per heavy atom. The summed E-state index contributed by atoms with van der Waals surface area (Å²) in [6.07, 6.45) is 10.8. The number of carbonyl (C=O) groups is 1. The van der Waals surface area contributed by atoms with Crippen LogP contribution in [-0.4, -0.2) is 18.7 Å². The van der Waals surface area contributed by atoms with Gasteiger partial charge in [-0.3, -0.25) is 0 Å². The molecule has 3 nitrogen and oxygen atoms in total. The molecule has 1 atom stereocenters. The molecule has 1 rings (SSSR count). The van der Waals surface area contributed by atoms with Crippen molar-refractivity contribution in [2.24, 2.45) is 0 Å². The summed E-state index contributed by atoms with van der Waals surface area (Å²) in [7, 11) is 0. The zero-order valence-corrected chi connectivity index (χ0v) is 15.3. The summed E-state index contributed by atoms with van der Waals surface area (Å²) >= 11 is 0. The van der Waals surface area contributed by atoms with E-state index in [0.717, 1.165) is 37.9 Å². The molecule has 0 heterocycles. The van der Waals surface area contributed by atoms with Crippen LogP contribution in [0.4, 0.5) is 0 Å². The third-order valence-corrected chi connectivity index (χ3v) is 4.01. The summed E-state index contributed by atoms with van der Waals surface area (Å²) < 4.78 is 11.0. The van der Waals surface area contributed by atoms with E-state index in [9.17, 15) is 4.79 Å². The molecule has 0 saturated heterocycles. The molecule has 0 bridgehead atoms. The molecule has 0 aromatic heterocycles. The van der Waals surface area contributed by atoms with Crippen LogP contribution in [0.1, 0.15) is 64.4 Å². The highest BCUT2D eigenvalue weighted by molar-refractivity contribution is 5.83. The predicted octanol–water partition coefficient (Wildman–Crippen LogP) is 5.48. The van der Waals surface area contributed by atoms with Crippen molar-refractivity contribution in [1.82, 2.24) is 0 Å². The minimum absolute atomic E-state index is 0.386. The summed E-state index contributed by atoms with van der Waals surface area (Å²) in [5.41, 5.74) is 1.09. The fourth-order valence-corrected chi connectivity index (χ4v) is 2.64. The zero-order valence-electron chi connectivity index (χ0n) is 15.3. The van der Waals surface area contributed by atoms with Gasteiger partial charge >= 0.3 is 5.97 Å². The average Bonchev–Trinajstić information content (AvgIpc) is 2.60. The predicted molar refractivity (Wildman–Crippen MR) is 99.4 cm³/mol. The minimum atomic E-state index is -0.401. The van der Waals surface area contributed by atoms with Gasteiger partial charge in [0.05, 0.1) is 6.10 Å². The average molecular weight is 332 g/mol. The van der Waals surface area contributed by atoms with Gasteiger partial charge in [0, 0.05) is 12.7 Å². The van der Waals surface area contributed by atoms with Crippen molar-refractivity contribution in [3.63, 3.8) is 0 Å². The second-order valence-electron chi connectivity index (χ2n) is 6.22. The quantitative estimate of drug-likeness (QED) is 0.208. The Morgan fingerprint density at radius 3 is 2.62 bits per heavy atom. The summed E-state index contributed by atoms with van der Waals surface area (Å²) in [4.78, 5) is 11.4. The number of ether oxygens (including phenoxy) is 2. The van der Waals surface area contributed by atoms with Crippen LogP contribution in [0.25, 0.3) is 0 Å². The van der Waals surface area contributed by atoms with Crippen molar-refractivity contribution >= 4 is 5.97 Å². The second kappa shape index (κ2) is 12.8. The molecule has 1 aromatic carbocycles. The Morgan fingerprint density at radius 2 is 1.88 bits per heavy atom. The molecule has 24 heavy (non-hydrogen) atoms. The number of unbranched alkanes of at least 4 members (excludes halogenated alkanes) is 4. The number of aryl methyl sites for hydroxylation is 1. The lowest BCUT2D eigenvalue weighted by atomic mass is 10.0. The van der Waals surface area contributed by atoms with E-state index in [-0.39, 0.29) is 0 Å². The number of rotatable bonds is 13. The molecule has 0 fully saturated rings. The Labute approximate surface area is 147 Å². The van der Waals surface area contributed by atoms with Crippen LogP contribution in [0, 0.1) is 0 Å². The van der Waals surface area contributed by atoms with E-state index in [1.165, 1.54) is 31.8 Å². The smallest absolute Gasteiger partial charge is 0.335 e. The molecule has 0 saturated carbocycles. The molecule has 0 aliphatic rings. The fraction of sp³-hybridized carbons (Fsp3) is 0.571. The van der Waals surface area contributed by atoms with E-state index in [0.29, 0.717) is 11.9 Å². The van der Waals surface area contributed by atoms with Gasteiger partial charge in [-0.2, -0.15) is 0 Å². The van der Waals surface area contributed by atoms with E-state index < -0.39 is 5.97 Å². The highest BCUT2D eigenvalue weighted by Gasteiger charge is 2.06. The number of benzene rings is 1. The first kappa shape index (κ1) is 20.4. The van der Waals surface area contributed by atoms with E-state index in [1.54, 1.807) is 0 Å². The second-order valence-corrected chi connectivity index (χ2v) is 6.22. The van der Waals surface area contributed by atoms with Crippen LogP contribution < -0.4 is 4.74 Å². The number of carbonyl (C=O) groups excluding carboxylic acids is 1. The van der Waals surface area contributed by atoms with Crippen LogP contribution >= 0.6 is 0 Å². The molecule has 0 radical (unpaired) electrons. The molecule has 0 aliphatic heterocycles. The van der Waals surface area contributed by atoms with Gasteiger partial charge in [-0.1, -0.05) is 57.4 Å². The van der Waals surface area contributed by atoms with Gasteiger partial charge in [-0.05, 0) is 44.2 Å². The van der Waals surface area contributed by atoms with E-state index in [4.69, 9.17) is 9.47 Å². The van der Waals surface area contributed by atoms with Crippen molar-refractivity contribution in [3.8, 4) is 5.75 Å². The van der Waals surface area contributed by atoms with E-state index in [2.05, 4.69) is 20.4 Å². The third-order valence-electron chi connectivity index (χ3n) is 4.01. The first-order valence-electron chi connectivity index (χ1n) is 9.21. The molecule has 1 aromatic rings. The van der Waals surface area contributed by atoms with Crippen molar-refractivity contribution < 1.29 is 14.3 Å². The van der Waals surface area contributed by atoms with E-state index >= 15 is 0 Å². The zero-order chi connectivity index (χ0) is 17.6. The Bertz CT molecular complexity index is 482. The third kappa shape index (κ3) is 8.88. The molecular weight excluding hydrogens is 300 g/mol. The van der Waals surface area contributed by atoms with Gasteiger partial charge in [0.15, 0.2) is 0 Å². The number of para-hydroxylation sites is 1. The van der Waals surface area contributed by atoms with Crippen molar-refractivity contribution in [3.05, 3.63) is 42.5 Å². The summed E-state index contributed by atoms with van der Waals surface area (Å²) in [6, 6.07) is 7.74. The molecular formula is C21H32O3. The highest BCUT2D eigenvalue weighted by atomic mass is 16.5. The molecule has 0 spiro atoms. The lowest BCUT2D eigenvalue weighted by Crippen LogP contribution is -2.08. The van der Waals surface area contributed by atoms with Gasteiger partial charge in [0.1, 0.15) is 5.75 Å². The van der Waals surface area contributed by atoms with Gasteiger partial charge < -0.3 is 9.47 Å². The normalized spacial score (nSPS) is 11.9. The summed E-state index contributed by atoms with van der Waals surface area (Å²) in [5, 5.41) is 0. The van der Waals surface area contributed by atoms with Crippen LogP contribution in [0.5, 0.6) is 5.75 Å². The van der Waals surface area contributed by atoms with Crippen LogP contribution in [0.3, 0.4) is 0 Å². The van der Waals surface area contributed by atoms with Crippen molar-refractivity contribution in [2.75, 3.05) is 6.61 Å². The molecule has 0 amide bonds. The van der Waals surface area contributed by atoms with Gasteiger partial charge in [0.25, 0.3) is 0 Å². The number of esters is 1. The summed E-state index contributed by atoms with van der Waals surface area (Å²) in [6.45, 7) is 8.61. The first-order valence-corrected chi connectivity index (χ1v) is 9.21. The number of hydrogen-bond acceptors (Lipinski definition) is 3. The fourth-order valence-electron chi connectivity index (χ4n) is 2.64. The van der Waals surface area contributed by atoms with Gasteiger partial charge in [-0.25, -0.2) is 4.79 Å². The molecule has 0 aliphatic carbocycles. The largest absolute Gasteiger partial charge is 0.423 e. The van der Waals surface area contributed by atoms with Crippen molar-refractivity contribution in [2.45, 2.75) is 71.3 Å². The molecule has 134 valence electrons. The Balaban J connectivity index is 2.17. The highest BCUT2D eigenvalue weighted by Crippen LogP contribution is 2.21. The van der Waals surface area contributed by atoms with E-state index in [1.807, 2.05) is 24.3 Å². The van der Waals surface area contributed by atoms with Gasteiger partial charge in [0.2, 0.25) is 0 Å². The van der Waals surface area contributed by atoms with Crippen LogP contribution in [0.15, 0.2) is 36.9 Å². The molecule has 3 heteroatoms. The summed E-state index contributed by atoms with van der Waals surface area (Å²) in [5.74, 6) is 0.256. The molecule has 1 unspecified atom stereocenters. The maximum Gasteiger partial charge on any atom is 0.335 e.